The van der Waals surface area contributed by atoms with Crippen molar-refractivity contribution in [2.24, 2.45) is 0 Å². The Kier molecular flexibility index (Phi) is 5.28. The summed E-state index contributed by atoms with van der Waals surface area (Å²) in [6.07, 6.45) is 2.37. The van der Waals surface area contributed by atoms with Crippen molar-refractivity contribution < 1.29 is 13.9 Å². The number of benzene rings is 2. The number of hydrogen-bond donors (Lipinski definition) is 0. The average Bonchev–Trinajstić information content (AvgIpc) is 2.63. The van der Waals surface area contributed by atoms with E-state index in [1.165, 1.54) is 29.1 Å². The van der Waals surface area contributed by atoms with Crippen molar-refractivity contribution >= 4 is 10.9 Å². The van der Waals surface area contributed by atoms with E-state index in [-0.39, 0.29) is 5.56 Å². The van der Waals surface area contributed by atoms with Gasteiger partial charge >= 0.3 is 0 Å². The lowest BCUT2D eigenvalue weighted by Crippen LogP contribution is -2.23. The number of halogens is 1. The van der Waals surface area contributed by atoms with Gasteiger partial charge in [0.1, 0.15) is 23.9 Å². The van der Waals surface area contributed by atoms with Crippen LogP contribution in [-0.4, -0.2) is 22.8 Å². The molecule has 0 atom stereocenters. The number of nitrogens with zero attached hydrogens (tertiary/aromatic N) is 2. The number of fused-ring (bicyclic) bond motifs is 1. The second-order valence-electron chi connectivity index (χ2n) is 5.57. The summed E-state index contributed by atoms with van der Waals surface area (Å²) in [5, 5.41) is 0.390. The SMILES string of the molecule is CCCOc1ccc(OCCn2cnc3cc(F)ccc3c2=O)cc1. The Morgan fingerprint density at radius 2 is 1.72 bits per heavy atom. The predicted molar refractivity (Wildman–Crippen MR) is 93.7 cm³/mol. The molecule has 25 heavy (non-hydrogen) atoms. The summed E-state index contributed by atoms with van der Waals surface area (Å²) >= 11 is 0. The van der Waals surface area contributed by atoms with Crippen LogP contribution in [0, 0.1) is 5.82 Å². The van der Waals surface area contributed by atoms with Crippen molar-refractivity contribution in [3.05, 3.63) is 65.0 Å². The highest BCUT2D eigenvalue weighted by molar-refractivity contribution is 5.77. The molecule has 0 N–H and O–H groups in total. The second kappa shape index (κ2) is 7.79. The van der Waals surface area contributed by atoms with E-state index in [4.69, 9.17) is 9.47 Å². The quantitative estimate of drug-likeness (QED) is 0.660. The van der Waals surface area contributed by atoms with Crippen LogP contribution in [0.5, 0.6) is 11.5 Å². The third-order valence-electron chi connectivity index (χ3n) is 3.68. The van der Waals surface area contributed by atoms with Gasteiger partial charge in [0.05, 0.1) is 30.4 Å². The largest absolute Gasteiger partial charge is 0.494 e. The lowest BCUT2D eigenvalue weighted by molar-refractivity contribution is 0.293. The van der Waals surface area contributed by atoms with Crippen molar-refractivity contribution in [2.75, 3.05) is 13.2 Å². The van der Waals surface area contributed by atoms with Crippen LogP contribution in [0.15, 0.2) is 53.6 Å². The van der Waals surface area contributed by atoms with Crippen LogP contribution < -0.4 is 15.0 Å². The molecule has 3 rings (SSSR count). The molecule has 1 aromatic heterocycles. The van der Waals surface area contributed by atoms with Crippen LogP contribution in [0.1, 0.15) is 13.3 Å². The lowest BCUT2D eigenvalue weighted by atomic mass is 10.2. The van der Waals surface area contributed by atoms with E-state index < -0.39 is 5.82 Å². The molecule has 0 unspecified atom stereocenters. The van der Waals surface area contributed by atoms with Gasteiger partial charge in [0.25, 0.3) is 5.56 Å². The number of rotatable bonds is 7. The van der Waals surface area contributed by atoms with E-state index in [9.17, 15) is 9.18 Å². The van der Waals surface area contributed by atoms with Gasteiger partial charge in [0, 0.05) is 6.07 Å². The lowest BCUT2D eigenvalue weighted by Gasteiger charge is -2.10. The molecular weight excluding hydrogens is 323 g/mol. The molecule has 0 saturated heterocycles. The zero-order valence-corrected chi connectivity index (χ0v) is 13.9. The van der Waals surface area contributed by atoms with E-state index in [0.29, 0.717) is 36.4 Å². The van der Waals surface area contributed by atoms with Gasteiger partial charge in [0.2, 0.25) is 0 Å². The Labute approximate surface area is 144 Å². The first-order valence-corrected chi connectivity index (χ1v) is 8.18. The Hall–Kier alpha value is -2.89. The molecule has 0 saturated carbocycles. The minimum atomic E-state index is -0.410. The van der Waals surface area contributed by atoms with Crippen LogP contribution >= 0.6 is 0 Å². The van der Waals surface area contributed by atoms with Crippen LogP contribution in [0.3, 0.4) is 0 Å². The molecule has 6 heteroatoms. The highest BCUT2D eigenvalue weighted by Gasteiger charge is 2.05. The van der Waals surface area contributed by atoms with E-state index in [2.05, 4.69) is 11.9 Å². The van der Waals surface area contributed by atoms with Crippen LogP contribution in [0.2, 0.25) is 0 Å². The Balaban J connectivity index is 1.62. The van der Waals surface area contributed by atoms with Gasteiger partial charge in [-0.25, -0.2) is 9.37 Å². The second-order valence-corrected chi connectivity index (χ2v) is 5.57. The van der Waals surface area contributed by atoms with Gasteiger partial charge in [-0.1, -0.05) is 6.92 Å². The first-order chi connectivity index (χ1) is 12.2. The van der Waals surface area contributed by atoms with Gasteiger partial charge in [-0.3, -0.25) is 9.36 Å². The smallest absolute Gasteiger partial charge is 0.261 e. The summed E-state index contributed by atoms with van der Waals surface area (Å²) in [6.45, 7) is 3.41. The molecule has 0 bridgehead atoms. The maximum atomic E-state index is 13.2. The molecule has 0 spiro atoms. The van der Waals surface area contributed by atoms with Gasteiger partial charge < -0.3 is 9.47 Å². The molecule has 0 aliphatic rings. The van der Waals surface area contributed by atoms with E-state index in [1.807, 2.05) is 24.3 Å². The maximum absolute atomic E-state index is 13.2. The van der Waals surface area contributed by atoms with Crippen molar-refractivity contribution in [1.82, 2.24) is 9.55 Å². The molecule has 2 aromatic carbocycles. The minimum Gasteiger partial charge on any atom is -0.494 e. The van der Waals surface area contributed by atoms with Crippen molar-refractivity contribution in [2.45, 2.75) is 19.9 Å². The summed E-state index contributed by atoms with van der Waals surface area (Å²) in [5.74, 6) is 1.09. The molecule has 130 valence electrons. The van der Waals surface area contributed by atoms with Crippen molar-refractivity contribution in [3.8, 4) is 11.5 Å². The van der Waals surface area contributed by atoms with Crippen LogP contribution in [-0.2, 0) is 6.54 Å². The molecule has 3 aromatic rings. The average molecular weight is 342 g/mol. The zero-order valence-electron chi connectivity index (χ0n) is 13.9. The van der Waals surface area contributed by atoms with Gasteiger partial charge in [-0.2, -0.15) is 0 Å². The first kappa shape index (κ1) is 17.0. The summed E-state index contributed by atoms with van der Waals surface area (Å²) < 4.78 is 25.8. The molecule has 0 aliphatic carbocycles. The van der Waals surface area contributed by atoms with Crippen molar-refractivity contribution in [3.63, 3.8) is 0 Å². The summed E-state index contributed by atoms with van der Waals surface area (Å²) in [5.41, 5.74) is 0.141. The predicted octanol–water partition coefficient (Wildman–Crippen LogP) is 3.40. The van der Waals surface area contributed by atoms with Gasteiger partial charge in [0.15, 0.2) is 0 Å². The van der Waals surface area contributed by atoms with Gasteiger partial charge in [-0.05, 0) is 42.8 Å². The highest BCUT2D eigenvalue weighted by Crippen LogP contribution is 2.17. The van der Waals surface area contributed by atoms with Crippen LogP contribution in [0.4, 0.5) is 4.39 Å². The molecule has 0 radical (unpaired) electrons. The van der Waals surface area contributed by atoms with Crippen molar-refractivity contribution in [1.29, 1.82) is 0 Å². The normalized spacial score (nSPS) is 10.8. The van der Waals surface area contributed by atoms with Gasteiger partial charge in [-0.15, -0.1) is 0 Å². The molecule has 0 fully saturated rings. The van der Waals surface area contributed by atoms with E-state index >= 15 is 0 Å². The third kappa shape index (κ3) is 4.15. The monoisotopic (exact) mass is 342 g/mol. The fourth-order valence-corrected chi connectivity index (χ4v) is 2.40. The Morgan fingerprint density at radius 3 is 2.40 bits per heavy atom. The Bertz CT molecular complexity index is 907. The molecule has 1 heterocycles. The highest BCUT2D eigenvalue weighted by atomic mass is 19.1. The van der Waals surface area contributed by atoms with Crippen LogP contribution in [0.25, 0.3) is 10.9 Å². The summed E-state index contributed by atoms with van der Waals surface area (Å²) in [7, 11) is 0. The fraction of sp³-hybridized carbons (Fsp3) is 0.263. The topological polar surface area (TPSA) is 53.4 Å². The summed E-state index contributed by atoms with van der Waals surface area (Å²) in [6, 6.07) is 11.3. The Morgan fingerprint density at radius 1 is 1.04 bits per heavy atom. The maximum Gasteiger partial charge on any atom is 0.261 e. The fourth-order valence-electron chi connectivity index (χ4n) is 2.40. The third-order valence-corrected chi connectivity index (χ3v) is 3.68. The standard InChI is InChI=1S/C19H19FN2O3/c1-2-10-24-15-4-6-16(7-5-15)25-11-9-22-13-21-18-12-14(20)3-8-17(18)19(22)23/h3-8,12-13H,2,9-11H2,1H3. The van der Waals surface area contributed by atoms with E-state index in [1.54, 1.807) is 0 Å². The first-order valence-electron chi connectivity index (χ1n) is 8.18. The number of aromatic nitrogens is 2. The van der Waals surface area contributed by atoms with E-state index in [0.717, 1.165) is 12.2 Å². The minimum absolute atomic E-state index is 0.211. The number of hydrogen-bond acceptors (Lipinski definition) is 4. The molecule has 5 nitrogen and oxygen atoms in total. The number of ether oxygens (including phenoxy) is 2. The molecular formula is C19H19FN2O3. The zero-order chi connectivity index (χ0) is 17.6. The molecule has 0 amide bonds. The summed E-state index contributed by atoms with van der Waals surface area (Å²) in [4.78, 5) is 16.5. The molecule has 0 aliphatic heterocycles.